The standard InChI is InChI=1S/C51H71N7O10/c1-8-43-42(59)31-46(68-43)58-32-35(6)48(56-50(58)61)54-17-13-20-63-23-25-65-26-24-64-21-14-18-55-51(62)66-22-19-57(7)49(60)37-16-12-11-15-36(37)47-38-27-33(4)40(52-9-2)29-44(38)67-45-30-41(53-10-3)34(5)28-39(45)47/h11-12,15-16,27-30,32,42-43,46,48,52,54,59H,8-10,13-14,17-26,31H2,1-7H3,(H,55,62)(H,56,61). The predicted octanol–water partition coefficient (Wildman–Crippen LogP) is 6.53. The molecule has 4 aliphatic rings. The van der Waals surface area contributed by atoms with Crippen molar-refractivity contribution in [2.45, 2.75) is 91.8 Å². The third-order valence-corrected chi connectivity index (χ3v) is 12.0. The Bertz CT molecular complexity index is 2390. The fourth-order valence-electron chi connectivity index (χ4n) is 8.39. The molecular weight excluding hydrogens is 871 g/mol. The van der Waals surface area contributed by atoms with Crippen LogP contribution in [0.5, 0.6) is 0 Å². The maximum Gasteiger partial charge on any atom is 0.407 e. The molecule has 3 aliphatic heterocycles. The van der Waals surface area contributed by atoms with Crippen LogP contribution in [0.3, 0.4) is 0 Å². The Morgan fingerprint density at radius 2 is 1.63 bits per heavy atom. The summed E-state index contributed by atoms with van der Waals surface area (Å²) in [4.78, 5) is 47.1. The largest absolute Gasteiger partial charge is 0.456 e. The zero-order valence-electron chi connectivity index (χ0n) is 40.8. The van der Waals surface area contributed by atoms with Gasteiger partial charge in [0.1, 0.15) is 30.3 Å². The third kappa shape index (κ3) is 13.6. The number of alkyl carbamates (subject to hydrolysis) is 1. The van der Waals surface area contributed by atoms with Gasteiger partial charge in [-0.25, -0.2) is 9.59 Å². The lowest BCUT2D eigenvalue weighted by Gasteiger charge is -2.34. The van der Waals surface area contributed by atoms with Crippen LogP contribution in [0.15, 0.2) is 69.7 Å². The second-order valence-electron chi connectivity index (χ2n) is 17.1. The Hall–Kier alpha value is -5.56. The Balaban J connectivity index is 0.845. The molecule has 1 fully saturated rings. The number of nitrogens with zero attached hydrogens (tertiary/aromatic N) is 3. The molecule has 5 N–H and O–H groups in total. The van der Waals surface area contributed by atoms with Crippen molar-refractivity contribution in [2.75, 3.05) is 91.3 Å². The van der Waals surface area contributed by atoms with Gasteiger partial charge in [-0.1, -0.05) is 25.1 Å². The molecule has 68 heavy (non-hydrogen) atoms. The minimum absolute atomic E-state index is 0.0242. The van der Waals surface area contributed by atoms with Gasteiger partial charge in [0.15, 0.2) is 0 Å². The van der Waals surface area contributed by atoms with E-state index in [0.29, 0.717) is 95.4 Å². The summed E-state index contributed by atoms with van der Waals surface area (Å²) >= 11 is 0. The summed E-state index contributed by atoms with van der Waals surface area (Å²) in [5, 5.41) is 24.4. The highest BCUT2D eigenvalue weighted by Crippen LogP contribution is 2.43. The molecule has 0 bridgehead atoms. The van der Waals surface area contributed by atoms with Crippen molar-refractivity contribution >= 4 is 34.7 Å². The molecule has 17 heteroatoms. The molecule has 3 heterocycles. The van der Waals surface area contributed by atoms with E-state index in [1.54, 1.807) is 18.1 Å². The molecule has 0 aromatic heterocycles. The number of nitrogens with one attached hydrogen (secondary N) is 4. The maximum atomic E-state index is 14.1. The first kappa shape index (κ1) is 51.8. The molecule has 1 saturated heterocycles. The van der Waals surface area contributed by atoms with Gasteiger partial charge >= 0.3 is 12.1 Å². The van der Waals surface area contributed by atoms with Crippen LogP contribution in [0.25, 0.3) is 33.4 Å². The number of aryl methyl sites for hydroxylation is 2. The minimum atomic E-state index is -0.570. The number of likely N-dealkylation sites (N-methyl/N-ethyl adjacent to an activating group) is 1. The molecule has 0 radical (unpaired) electrons. The molecule has 1 aliphatic carbocycles. The van der Waals surface area contributed by atoms with Crippen LogP contribution in [-0.2, 0) is 23.7 Å². The second kappa shape index (κ2) is 25.7. The van der Waals surface area contributed by atoms with Gasteiger partial charge in [0.05, 0.1) is 50.5 Å². The normalized spacial score (nSPS) is 18.5. The van der Waals surface area contributed by atoms with Crippen molar-refractivity contribution in [2.24, 2.45) is 4.99 Å². The Labute approximate surface area is 399 Å². The van der Waals surface area contributed by atoms with Gasteiger partial charge in [-0.05, 0) is 101 Å². The first-order chi connectivity index (χ1) is 32.9. The number of aliphatic hydroxyl groups excluding tert-OH is 1. The van der Waals surface area contributed by atoms with Gasteiger partial charge in [0.25, 0.3) is 5.91 Å². The summed E-state index contributed by atoms with van der Waals surface area (Å²) in [6.45, 7) is 17.5. The monoisotopic (exact) mass is 942 g/mol. The molecular formula is C51H71N7O10. The van der Waals surface area contributed by atoms with Crippen molar-refractivity contribution in [3.63, 3.8) is 0 Å². The van der Waals surface area contributed by atoms with E-state index >= 15 is 0 Å². The first-order valence-corrected chi connectivity index (χ1v) is 24.0. The number of fused-ring (bicyclic) bond motifs is 2. The molecule has 4 amide bonds. The average molecular weight is 942 g/mol. The lowest BCUT2D eigenvalue weighted by Crippen LogP contribution is -2.56. The number of rotatable bonds is 25. The van der Waals surface area contributed by atoms with E-state index in [9.17, 15) is 19.5 Å². The van der Waals surface area contributed by atoms with Gasteiger partial charge in [-0.3, -0.25) is 20.0 Å². The zero-order valence-corrected chi connectivity index (χ0v) is 40.8. The molecule has 6 rings (SSSR count). The first-order valence-electron chi connectivity index (χ1n) is 24.0. The smallest absolute Gasteiger partial charge is 0.407 e. The highest BCUT2D eigenvalue weighted by Gasteiger charge is 2.39. The summed E-state index contributed by atoms with van der Waals surface area (Å²) in [6.07, 6.45) is 2.10. The molecule has 17 nitrogen and oxygen atoms in total. The van der Waals surface area contributed by atoms with E-state index in [1.165, 1.54) is 4.90 Å². The molecule has 2 aromatic rings. The molecule has 0 spiro atoms. The van der Waals surface area contributed by atoms with Gasteiger partial charge in [-0.2, -0.15) is 0 Å². The van der Waals surface area contributed by atoms with Gasteiger partial charge in [0.2, 0.25) is 0 Å². The van der Waals surface area contributed by atoms with E-state index in [1.807, 2.05) is 64.1 Å². The summed E-state index contributed by atoms with van der Waals surface area (Å²) in [5.74, 6) is 0.486. The van der Waals surface area contributed by atoms with Crippen molar-refractivity contribution in [3.05, 3.63) is 82.4 Å². The predicted molar refractivity (Wildman–Crippen MR) is 262 cm³/mol. The van der Waals surface area contributed by atoms with Crippen LogP contribution in [0.2, 0.25) is 0 Å². The second-order valence-corrected chi connectivity index (χ2v) is 17.1. The fraction of sp³-hybridized carbons (Fsp3) is 0.529. The average Bonchev–Trinajstić information content (AvgIpc) is 3.71. The number of amides is 4. The minimum Gasteiger partial charge on any atom is -0.456 e. The van der Waals surface area contributed by atoms with Gasteiger partial charge in [0, 0.05) is 92.4 Å². The van der Waals surface area contributed by atoms with Crippen LogP contribution in [0.4, 0.5) is 15.3 Å². The summed E-state index contributed by atoms with van der Waals surface area (Å²) in [7, 11) is 1.70. The van der Waals surface area contributed by atoms with Crippen LogP contribution in [0, 0.1) is 13.8 Å². The molecule has 4 atom stereocenters. The number of carbonyl (C=O) groups is 3. The zero-order chi connectivity index (χ0) is 48.6. The van der Waals surface area contributed by atoms with Crippen molar-refractivity contribution < 1.29 is 47.6 Å². The number of benzene rings is 3. The van der Waals surface area contributed by atoms with E-state index < -0.39 is 18.4 Å². The van der Waals surface area contributed by atoms with E-state index in [2.05, 4.69) is 52.2 Å². The Morgan fingerprint density at radius 1 is 0.912 bits per heavy atom. The van der Waals surface area contributed by atoms with Crippen LogP contribution in [0.1, 0.15) is 74.9 Å². The van der Waals surface area contributed by atoms with Gasteiger partial charge in [-0.15, -0.1) is 0 Å². The molecule has 370 valence electrons. The third-order valence-electron chi connectivity index (χ3n) is 12.0. The summed E-state index contributed by atoms with van der Waals surface area (Å²) in [5.41, 5.74) is 7.82. The lowest BCUT2D eigenvalue weighted by molar-refractivity contribution is -0.0340. The quantitative estimate of drug-likeness (QED) is 0.0356. The molecule has 0 saturated carbocycles. The SMILES string of the molecule is CCN=c1cc2oc3cc(NCC)c(C)cc3c(-c3ccccc3C(=O)N(C)CCOC(=O)NCCCOCCOCCOCCCNC3NC(=O)N(C4CC(O)C(CC)O4)C=C3C)c-2cc1C. The van der Waals surface area contributed by atoms with Gasteiger partial charge < -0.3 is 54.1 Å². The van der Waals surface area contributed by atoms with E-state index in [-0.39, 0.29) is 37.4 Å². The number of aliphatic hydroxyl groups is 1. The summed E-state index contributed by atoms with van der Waals surface area (Å²) < 4.78 is 34.7. The number of carbonyl (C=O) groups excluding carboxylic acids is 3. The number of ether oxygens (including phenoxy) is 5. The van der Waals surface area contributed by atoms with Crippen molar-refractivity contribution in [1.82, 2.24) is 25.8 Å². The number of anilines is 1. The Kier molecular flexibility index (Phi) is 19.6. The summed E-state index contributed by atoms with van der Waals surface area (Å²) in [6, 6.07) is 15.6. The topological polar surface area (TPSA) is 198 Å². The number of hydrogen-bond donors (Lipinski definition) is 5. The number of urea groups is 1. The number of hydrogen-bond acceptors (Lipinski definition) is 13. The Morgan fingerprint density at radius 3 is 2.34 bits per heavy atom. The highest BCUT2D eigenvalue weighted by molar-refractivity contribution is 6.09. The van der Waals surface area contributed by atoms with Crippen LogP contribution in [-0.4, -0.2) is 144 Å². The van der Waals surface area contributed by atoms with Crippen molar-refractivity contribution in [3.8, 4) is 22.5 Å². The van der Waals surface area contributed by atoms with E-state index in [4.69, 9.17) is 28.1 Å². The maximum absolute atomic E-state index is 14.1. The molecule has 4 unspecified atom stereocenters. The fourth-order valence-corrected chi connectivity index (χ4v) is 8.39. The lowest BCUT2D eigenvalue weighted by atomic mass is 9.89. The van der Waals surface area contributed by atoms with Crippen LogP contribution >= 0.6 is 0 Å². The highest BCUT2D eigenvalue weighted by atomic mass is 16.6. The molecule has 2 aromatic carbocycles. The van der Waals surface area contributed by atoms with E-state index in [0.717, 1.165) is 62.8 Å². The van der Waals surface area contributed by atoms with Crippen molar-refractivity contribution in [1.29, 1.82) is 0 Å². The van der Waals surface area contributed by atoms with Crippen LogP contribution < -0.4 is 26.6 Å².